The minimum absolute atomic E-state index is 0. The third-order valence-corrected chi connectivity index (χ3v) is 3.25. The molecule has 9 heteroatoms. The van der Waals surface area contributed by atoms with Crippen LogP contribution in [0, 0.1) is 10.1 Å². The lowest BCUT2D eigenvalue weighted by Crippen LogP contribution is -2.38. The maximum Gasteiger partial charge on any atom is 0.271 e. The first-order valence-corrected chi connectivity index (χ1v) is 7.33. The molecule has 8 nitrogen and oxygen atoms in total. The van der Waals surface area contributed by atoms with Crippen molar-refractivity contribution in [3.63, 3.8) is 0 Å². The van der Waals surface area contributed by atoms with E-state index in [-0.39, 0.29) is 35.7 Å². The van der Waals surface area contributed by atoms with Gasteiger partial charge in [0.1, 0.15) is 0 Å². The smallest absolute Gasteiger partial charge is 0.271 e. The van der Waals surface area contributed by atoms with Crippen molar-refractivity contribution < 1.29 is 9.72 Å². The number of likely N-dealkylation sites (N-methyl/N-ethyl adjacent to an activating group) is 1. The third-order valence-electron chi connectivity index (χ3n) is 3.25. The number of nitro benzene ring substituents is 1. The Kier molecular flexibility index (Phi) is 7.34. The van der Waals surface area contributed by atoms with Crippen molar-refractivity contribution in [1.29, 1.82) is 0 Å². The predicted octanol–water partition coefficient (Wildman–Crippen LogP) is 1.93. The number of hydrogen-bond acceptors (Lipinski definition) is 5. The van der Waals surface area contributed by atoms with Crippen LogP contribution in [0.5, 0.6) is 0 Å². The molecule has 1 amide bonds. The molecule has 0 radical (unpaired) electrons. The van der Waals surface area contributed by atoms with E-state index in [2.05, 4.69) is 15.7 Å². The Labute approximate surface area is 145 Å². The standard InChI is InChI=1S/C15H19N5O3.ClH/c1-3-16-11(2)10-17-15(21)14-7-8-19(18-14)12-5-4-6-13(9-12)20(22)23;/h4-9,11,16H,3,10H2,1-2H3,(H,17,21);1H/t11-;/m1./s1. The zero-order valence-corrected chi connectivity index (χ0v) is 14.2. The van der Waals surface area contributed by atoms with Crippen LogP contribution in [-0.4, -0.2) is 39.7 Å². The summed E-state index contributed by atoms with van der Waals surface area (Å²) in [4.78, 5) is 22.4. The van der Waals surface area contributed by atoms with Gasteiger partial charge in [-0.25, -0.2) is 4.68 Å². The largest absolute Gasteiger partial charge is 0.349 e. The second-order valence-electron chi connectivity index (χ2n) is 5.09. The van der Waals surface area contributed by atoms with Gasteiger partial charge in [0.2, 0.25) is 0 Å². The molecule has 0 saturated carbocycles. The monoisotopic (exact) mass is 353 g/mol. The fourth-order valence-electron chi connectivity index (χ4n) is 2.09. The second-order valence-corrected chi connectivity index (χ2v) is 5.09. The van der Waals surface area contributed by atoms with Gasteiger partial charge in [-0.05, 0) is 25.6 Å². The van der Waals surface area contributed by atoms with E-state index in [0.717, 1.165) is 6.54 Å². The van der Waals surface area contributed by atoms with Crippen LogP contribution < -0.4 is 10.6 Å². The zero-order chi connectivity index (χ0) is 16.8. The average Bonchev–Trinajstić information content (AvgIpc) is 3.03. The van der Waals surface area contributed by atoms with Crippen LogP contribution in [0.15, 0.2) is 36.5 Å². The minimum atomic E-state index is -0.470. The van der Waals surface area contributed by atoms with Crippen molar-refractivity contribution in [2.75, 3.05) is 13.1 Å². The summed E-state index contributed by atoms with van der Waals surface area (Å²) < 4.78 is 1.44. The van der Waals surface area contributed by atoms with Gasteiger partial charge < -0.3 is 10.6 Å². The van der Waals surface area contributed by atoms with Crippen molar-refractivity contribution >= 4 is 24.0 Å². The Hall–Kier alpha value is -2.45. The van der Waals surface area contributed by atoms with Gasteiger partial charge in [0.25, 0.3) is 11.6 Å². The average molecular weight is 354 g/mol. The summed E-state index contributed by atoms with van der Waals surface area (Å²) in [7, 11) is 0. The molecule has 1 atom stereocenters. The summed E-state index contributed by atoms with van der Waals surface area (Å²) in [5, 5.41) is 21.0. The first kappa shape index (κ1) is 19.6. The molecule has 2 rings (SSSR count). The van der Waals surface area contributed by atoms with Gasteiger partial charge in [0.15, 0.2) is 5.69 Å². The van der Waals surface area contributed by atoms with Gasteiger partial charge in [0, 0.05) is 30.9 Å². The summed E-state index contributed by atoms with van der Waals surface area (Å²) in [6, 6.07) is 7.82. The predicted molar refractivity (Wildman–Crippen MR) is 92.9 cm³/mol. The maximum atomic E-state index is 12.1. The van der Waals surface area contributed by atoms with Crippen LogP contribution in [0.1, 0.15) is 24.3 Å². The molecule has 0 aliphatic carbocycles. The van der Waals surface area contributed by atoms with Crippen molar-refractivity contribution in [2.24, 2.45) is 0 Å². The van der Waals surface area contributed by atoms with Crippen molar-refractivity contribution in [3.8, 4) is 5.69 Å². The first-order chi connectivity index (χ1) is 11.0. The molecule has 0 fully saturated rings. The number of non-ortho nitro benzene ring substituents is 1. The number of aromatic nitrogens is 2. The lowest BCUT2D eigenvalue weighted by Gasteiger charge is -2.12. The Morgan fingerprint density at radius 1 is 1.42 bits per heavy atom. The lowest BCUT2D eigenvalue weighted by atomic mass is 10.3. The topological polar surface area (TPSA) is 102 Å². The van der Waals surface area contributed by atoms with Crippen LogP contribution in [-0.2, 0) is 0 Å². The molecule has 1 heterocycles. The van der Waals surface area contributed by atoms with Gasteiger partial charge in [0.05, 0.1) is 10.6 Å². The molecule has 2 aromatic rings. The van der Waals surface area contributed by atoms with E-state index in [4.69, 9.17) is 0 Å². The molecule has 2 N–H and O–H groups in total. The molecule has 1 aromatic heterocycles. The van der Waals surface area contributed by atoms with Gasteiger partial charge in [-0.3, -0.25) is 14.9 Å². The van der Waals surface area contributed by atoms with Crippen LogP contribution in [0.2, 0.25) is 0 Å². The fraction of sp³-hybridized carbons (Fsp3) is 0.333. The van der Waals surface area contributed by atoms with E-state index in [1.807, 2.05) is 13.8 Å². The summed E-state index contributed by atoms with van der Waals surface area (Å²) in [5.41, 5.74) is 0.767. The number of nitrogens with zero attached hydrogens (tertiary/aromatic N) is 3. The molecule has 0 aliphatic heterocycles. The van der Waals surface area contributed by atoms with Gasteiger partial charge >= 0.3 is 0 Å². The number of carbonyl (C=O) groups excluding carboxylic acids is 1. The molecule has 0 aliphatic rings. The Bertz CT molecular complexity index is 704. The Morgan fingerprint density at radius 2 is 2.17 bits per heavy atom. The number of hydrogen-bond donors (Lipinski definition) is 2. The molecule has 0 bridgehead atoms. The van der Waals surface area contributed by atoms with Crippen LogP contribution in [0.4, 0.5) is 5.69 Å². The normalized spacial score (nSPS) is 11.4. The molecule has 24 heavy (non-hydrogen) atoms. The highest BCUT2D eigenvalue weighted by Gasteiger charge is 2.12. The van der Waals surface area contributed by atoms with Gasteiger partial charge in [-0.15, -0.1) is 12.4 Å². The number of amides is 1. The minimum Gasteiger partial charge on any atom is -0.349 e. The molecule has 1 aromatic carbocycles. The number of carbonyl (C=O) groups is 1. The number of nitrogens with one attached hydrogen (secondary N) is 2. The second kappa shape index (κ2) is 8.99. The van der Waals surface area contributed by atoms with E-state index in [9.17, 15) is 14.9 Å². The SMILES string of the molecule is CCN[C@H](C)CNC(=O)c1ccn(-c2cccc([N+](=O)[O-])c2)n1.Cl. The number of halogens is 1. The van der Waals surface area contributed by atoms with Crippen molar-refractivity contribution in [3.05, 3.63) is 52.3 Å². The van der Waals surface area contributed by atoms with E-state index >= 15 is 0 Å². The summed E-state index contributed by atoms with van der Waals surface area (Å²) in [5.74, 6) is -0.279. The van der Waals surface area contributed by atoms with Crippen molar-refractivity contribution in [2.45, 2.75) is 19.9 Å². The summed E-state index contributed by atoms with van der Waals surface area (Å²) in [6.45, 7) is 5.30. The van der Waals surface area contributed by atoms with E-state index in [0.29, 0.717) is 12.2 Å². The lowest BCUT2D eigenvalue weighted by molar-refractivity contribution is -0.384. The molecular weight excluding hydrogens is 334 g/mol. The first-order valence-electron chi connectivity index (χ1n) is 7.33. The number of nitro groups is 1. The Morgan fingerprint density at radius 3 is 2.83 bits per heavy atom. The zero-order valence-electron chi connectivity index (χ0n) is 13.4. The highest BCUT2D eigenvalue weighted by atomic mass is 35.5. The quantitative estimate of drug-likeness (QED) is 0.585. The van der Waals surface area contributed by atoms with Crippen LogP contribution in [0.25, 0.3) is 5.69 Å². The van der Waals surface area contributed by atoms with Gasteiger partial charge in [-0.2, -0.15) is 5.10 Å². The third kappa shape index (κ3) is 5.04. The van der Waals surface area contributed by atoms with Crippen LogP contribution >= 0.6 is 12.4 Å². The van der Waals surface area contributed by atoms with Crippen molar-refractivity contribution in [1.82, 2.24) is 20.4 Å². The molecule has 0 saturated heterocycles. The van der Waals surface area contributed by atoms with Gasteiger partial charge in [-0.1, -0.05) is 13.0 Å². The highest BCUT2D eigenvalue weighted by molar-refractivity contribution is 5.92. The van der Waals surface area contributed by atoms with Crippen LogP contribution in [0.3, 0.4) is 0 Å². The molecule has 130 valence electrons. The maximum absolute atomic E-state index is 12.1. The molecule has 0 spiro atoms. The summed E-state index contributed by atoms with van der Waals surface area (Å²) >= 11 is 0. The Balaban J connectivity index is 0.00000288. The fourth-order valence-corrected chi connectivity index (χ4v) is 2.09. The van der Waals surface area contributed by atoms with E-state index < -0.39 is 4.92 Å². The summed E-state index contributed by atoms with van der Waals surface area (Å²) in [6.07, 6.45) is 1.60. The van der Waals surface area contributed by atoms with E-state index in [1.165, 1.54) is 16.8 Å². The highest BCUT2D eigenvalue weighted by Crippen LogP contribution is 2.16. The molecular formula is C15H20ClN5O3. The van der Waals surface area contributed by atoms with E-state index in [1.54, 1.807) is 24.4 Å². The number of benzene rings is 1. The number of rotatable bonds is 7. The molecule has 0 unspecified atom stereocenters.